The largest absolute Gasteiger partial charge is 0.342 e. The molecular weight excluding hydrogens is 450 g/mol. The fourth-order valence-corrected chi connectivity index (χ4v) is 6.18. The zero-order valence-corrected chi connectivity index (χ0v) is 20.4. The quantitative estimate of drug-likeness (QED) is 0.671. The first kappa shape index (κ1) is 22.9. The lowest BCUT2D eigenvalue weighted by Crippen LogP contribution is -2.78. The molecule has 2 saturated heterocycles. The summed E-state index contributed by atoms with van der Waals surface area (Å²) in [6.45, 7) is 6.16. The molecule has 6 nitrogen and oxygen atoms in total. The topological polar surface area (TPSA) is 60.9 Å². The molecule has 0 N–H and O–H groups in total. The first-order valence-corrected chi connectivity index (χ1v) is 12.4. The molecule has 5 rings (SSSR count). The van der Waals surface area contributed by atoms with Gasteiger partial charge in [-0.25, -0.2) is 0 Å². The van der Waals surface area contributed by atoms with Crippen LogP contribution in [0.4, 0.5) is 0 Å². The molecule has 3 aliphatic heterocycles. The number of amides is 3. The maximum Gasteiger partial charge on any atom is 0.255 e. The van der Waals surface area contributed by atoms with E-state index < -0.39 is 11.5 Å². The van der Waals surface area contributed by atoms with Crippen LogP contribution in [0.5, 0.6) is 0 Å². The molecule has 34 heavy (non-hydrogen) atoms. The van der Waals surface area contributed by atoms with Gasteiger partial charge in [0.05, 0.1) is 17.9 Å². The Morgan fingerprint density at radius 1 is 1.00 bits per heavy atom. The average Bonchev–Trinajstić information content (AvgIpc) is 3.33. The van der Waals surface area contributed by atoms with Gasteiger partial charge < -0.3 is 14.7 Å². The van der Waals surface area contributed by atoms with Crippen molar-refractivity contribution >= 4 is 29.3 Å². The minimum Gasteiger partial charge on any atom is -0.342 e. The van der Waals surface area contributed by atoms with E-state index in [1.807, 2.05) is 66.1 Å². The molecule has 0 aromatic heterocycles. The highest BCUT2D eigenvalue weighted by Crippen LogP contribution is 2.48. The molecular formula is C27H30ClN3O3. The van der Waals surface area contributed by atoms with Gasteiger partial charge in [-0.15, -0.1) is 0 Å². The predicted molar refractivity (Wildman–Crippen MR) is 131 cm³/mol. The Labute approximate surface area is 205 Å². The van der Waals surface area contributed by atoms with Crippen LogP contribution < -0.4 is 0 Å². The van der Waals surface area contributed by atoms with Crippen molar-refractivity contribution in [2.24, 2.45) is 0 Å². The highest BCUT2D eigenvalue weighted by molar-refractivity contribution is 6.31. The van der Waals surface area contributed by atoms with Gasteiger partial charge in [0.15, 0.2) is 0 Å². The van der Waals surface area contributed by atoms with Gasteiger partial charge in [-0.05, 0) is 49.9 Å². The van der Waals surface area contributed by atoms with Crippen molar-refractivity contribution < 1.29 is 14.4 Å². The number of benzene rings is 2. The molecule has 3 heterocycles. The van der Waals surface area contributed by atoms with E-state index in [1.54, 1.807) is 11.0 Å². The lowest BCUT2D eigenvalue weighted by atomic mass is 9.67. The van der Waals surface area contributed by atoms with Gasteiger partial charge in [0, 0.05) is 42.8 Å². The summed E-state index contributed by atoms with van der Waals surface area (Å²) in [5, 5.41) is 0.568. The minimum absolute atomic E-state index is 0.0406. The number of fused-ring (bicyclic) bond motifs is 1. The van der Waals surface area contributed by atoms with Gasteiger partial charge in [0.2, 0.25) is 11.8 Å². The Morgan fingerprint density at radius 2 is 1.65 bits per heavy atom. The third-order valence-corrected chi connectivity index (χ3v) is 7.87. The van der Waals surface area contributed by atoms with Crippen LogP contribution in [0.3, 0.4) is 0 Å². The zero-order valence-electron chi connectivity index (χ0n) is 19.7. The maximum atomic E-state index is 13.9. The van der Waals surface area contributed by atoms with Crippen molar-refractivity contribution in [2.45, 2.75) is 50.6 Å². The van der Waals surface area contributed by atoms with Crippen LogP contribution in [-0.2, 0) is 16.0 Å². The molecule has 0 radical (unpaired) electrons. The molecule has 2 aromatic rings. The molecule has 3 amide bonds. The van der Waals surface area contributed by atoms with Gasteiger partial charge in [-0.2, -0.15) is 0 Å². The van der Waals surface area contributed by atoms with Gasteiger partial charge in [0.1, 0.15) is 0 Å². The number of rotatable bonds is 4. The molecule has 0 aliphatic carbocycles. The number of carbonyl (C=O) groups excluding carboxylic acids is 3. The molecule has 2 aromatic carbocycles. The summed E-state index contributed by atoms with van der Waals surface area (Å²) in [6, 6.07) is 14.7. The van der Waals surface area contributed by atoms with Gasteiger partial charge in [-0.3, -0.25) is 14.4 Å². The van der Waals surface area contributed by atoms with Crippen LogP contribution in [-0.4, -0.2) is 70.2 Å². The van der Waals surface area contributed by atoms with Gasteiger partial charge in [0.25, 0.3) is 5.91 Å². The number of hydrogen-bond donors (Lipinski definition) is 0. The van der Waals surface area contributed by atoms with Crippen molar-refractivity contribution in [3.63, 3.8) is 0 Å². The summed E-state index contributed by atoms with van der Waals surface area (Å²) >= 11 is 6.28. The first-order chi connectivity index (χ1) is 16.3. The Bertz CT molecular complexity index is 1140. The third-order valence-electron chi connectivity index (χ3n) is 7.50. The molecule has 0 bridgehead atoms. The number of halogens is 1. The van der Waals surface area contributed by atoms with E-state index in [0.717, 1.165) is 37.1 Å². The standard InChI is InChI=1S/C27H30ClN3O3/c1-18(2)31-25(33)21-11-5-4-10-20(21)24(26(34)29-13-7-8-14-29)27(31)16-30(17-27)23(32)15-19-9-3-6-12-22(19)28/h3-6,9-12,18,24H,7-8,13-17H2,1-2H3. The van der Waals surface area contributed by atoms with E-state index in [4.69, 9.17) is 11.6 Å². The van der Waals surface area contributed by atoms with Crippen molar-refractivity contribution in [1.29, 1.82) is 0 Å². The fraction of sp³-hybridized carbons (Fsp3) is 0.444. The Kier molecular flexibility index (Phi) is 5.88. The molecule has 1 unspecified atom stereocenters. The third kappa shape index (κ3) is 3.59. The summed E-state index contributed by atoms with van der Waals surface area (Å²) in [6.07, 6.45) is 2.21. The first-order valence-electron chi connectivity index (χ1n) is 12.1. The van der Waals surface area contributed by atoms with Crippen LogP contribution in [0.25, 0.3) is 0 Å². The predicted octanol–water partition coefficient (Wildman–Crippen LogP) is 3.73. The molecule has 2 fully saturated rings. The lowest BCUT2D eigenvalue weighted by molar-refractivity contribution is -0.156. The summed E-state index contributed by atoms with van der Waals surface area (Å²) in [7, 11) is 0. The van der Waals surface area contributed by atoms with Crippen LogP contribution in [0.15, 0.2) is 48.5 Å². The molecule has 3 aliphatic rings. The van der Waals surface area contributed by atoms with Crippen LogP contribution in [0, 0.1) is 0 Å². The molecule has 7 heteroatoms. The SMILES string of the molecule is CC(C)N1C(=O)c2ccccc2C(C(=O)N2CCCC2)C12CN(C(=O)Cc1ccccc1Cl)C2. The van der Waals surface area contributed by atoms with Crippen molar-refractivity contribution in [2.75, 3.05) is 26.2 Å². The van der Waals surface area contributed by atoms with Crippen LogP contribution in [0.2, 0.25) is 5.02 Å². The summed E-state index contributed by atoms with van der Waals surface area (Å²) in [4.78, 5) is 46.3. The van der Waals surface area contributed by atoms with E-state index in [9.17, 15) is 14.4 Å². The molecule has 1 spiro atoms. The average molecular weight is 480 g/mol. The molecule has 178 valence electrons. The van der Waals surface area contributed by atoms with Crippen LogP contribution >= 0.6 is 11.6 Å². The van der Waals surface area contributed by atoms with Gasteiger partial charge >= 0.3 is 0 Å². The monoisotopic (exact) mass is 479 g/mol. The zero-order chi connectivity index (χ0) is 24.0. The molecule has 0 saturated carbocycles. The summed E-state index contributed by atoms with van der Waals surface area (Å²) < 4.78 is 0. The number of nitrogens with zero attached hydrogens (tertiary/aromatic N) is 3. The second-order valence-electron chi connectivity index (χ2n) is 9.94. The van der Waals surface area contributed by atoms with E-state index in [1.165, 1.54) is 0 Å². The van der Waals surface area contributed by atoms with E-state index in [0.29, 0.717) is 23.7 Å². The number of carbonyl (C=O) groups is 3. The van der Waals surface area contributed by atoms with E-state index in [2.05, 4.69) is 0 Å². The van der Waals surface area contributed by atoms with Crippen molar-refractivity contribution in [3.05, 3.63) is 70.2 Å². The van der Waals surface area contributed by atoms with E-state index in [-0.39, 0.29) is 30.2 Å². The van der Waals surface area contributed by atoms with E-state index >= 15 is 0 Å². The Balaban J connectivity index is 1.50. The highest BCUT2D eigenvalue weighted by Gasteiger charge is 2.62. The summed E-state index contributed by atoms with van der Waals surface area (Å²) in [5.41, 5.74) is 1.43. The smallest absolute Gasteiger partial charge is 0.255 e. The van der Waals surface area contributed by atoms with Crippen molar-refractivity contribution in [1.82, 2.24) is 14.7 Å². The summed E-state index contributed by atoms with van der Waals surface area (Å²) in [5.74, 6) is -0.511. The second kappa shape index (κ2) is 8.73. The maximum absolute atomic E-state index is 13.9. The minimum atomic E-state index is -0.741. The van der Waals surface area contributed by atoms with Crippen LogP contribution in [0.1, 0.15) is 54.1 Å². The van der Waals surface area contributed by atoms with Crippen molar-refractivity contribution in [3.8, 4) is 0 Å². The molecule has 1 atom stereocenters. The van der Waals surface area contributed by atoms with Gasteiger partial charge in [-0.1, -0.05) is 48.0 Å². The number of likely N-dealkylation sites (tertiary alicyclic amines) is 2. The normalized spacial score (nSPS) is 21.1. The Hall–Kier alpha value is -2.86. The Morgan fingerprint density at radius 3 is 2.32 bits per heavy atom. The highest BCUT2D eigenvalue weighted by atomic mass is 35.5. The second-order valence-corrected chi connectivity index (χ2v) is 10.4. The lowest BCUT2D eigenvalue weighted by Gasteiger charge is -2.62. The number of hydrogen-bond acceptors (Lipinski definition) is 3. The fourth-order valence-electron chi connectivity index (χ4n) is 5.98.